The highest BCUT2D eigenvalue weighted by Gasteiger charge is 2.38. The Balaban J connectivity index is 1.53. The lowest BCUT2D eigenvalue weighted by atomic mass is 9.97. The standard InChI is InChI=1S/C20H19F3N6O/c1-11-12(2)17(27-29-16(11)25-26-19(29)20(21,22)23)28-9-5-6-13(10-28)18-24-14-7-3-4-8-15(14)30-18/h3-4,7-8,13H,5-6,9-10H2,1-2H3. The smallest absolute Gasteiger partial charge is 0.440 e. The summed E-state index contributed by atoms with van der Waals surface area (Å²) >= 11 is 0. The van der Waals surface area contributed by atoms with Crippen LogP contribution in [0.2, 0.25) is 0 Å². The molecule has 4 aromatic rings. The van der Waals surface area contributed by atoms with Crippen molar-refractivity contribution >= 4 is 22.6 Å². The molecule has 0 aliphatic carbocycles. The van der Waals surface area contributed by atoms with Gasteiger partial charge < -0.3 is 9.32 Å². The quantitative estimate of drug-likeness (QED) is 0.486. The van der Waals surface area contributed by atoms with E-state index in [1.807, 2.05) is 36.1 Å². The number of aryl methyl sites for hydroxylation is 1. The Morgan fingerprint density at radius 1 is 1.10 bits per heavy atom. The predicted octanol–water partition coefficient (Wildman–Crippen LogP) is 4.29. The SMILES string of the molecule is Cc1c(N2CCCC(c3nc4ccccc4o3)C2)nn2c(C(F)(F)F)nnc2c1C. The number of hydrogen-bond donors (Lipinski definition) is 0. The van der Waals surface area contributed by atoms with Gasteiger partial charge in [-0.2, -0.15) is 17.7 Å². The van der Waals surface area contributed by atoms with Crippen LogP contribution >= 0.6 is 0 Å². The number of alkyl halides is 3. The Labute approximate surface area is 169 Å². The van der Waals surface area contributed by atoms with Crippen LogP contribution in [0, 0.1) is 13.8 Å². The molecule has 1 unspecified atom stereocenters. The highest BCUT2D eigenvalue weighted by Crippen LogP contribution is 2.34. The molecule has 0 bridgehead atoms. The molecule has 0 spiro atoms. The third-order valence-corrected chi connectivity index (χ3v) is 5.70. The van der Waals surface area contributed by atoms with E-state index < -0.39 is 12.0 Å². The number of piperidine rings is 1. The number of oxazole rings is 1. The van der Waals surface area contributed by atoms with Gasteiger partial charge in [0.25, 0.3) is 5.82 Å². The molecular weight excluding hydrogens is 397 g/mol. The lowest BCUT2D eigenvalue weighted by Gasteiger charge is -2.33. The minimum absolute atomic E-state index is 0.0337. The molecule has 1 saturated heterocycles. The van der Waals surface area contributed by atoms with Crippen molar-refractivity contribution in [3.05, 3.63) is 47.1 Å². The summed E-state index contributed by atoms with van der Waals surface area (Å²) in [6.45, 7) is 4.85. The van der Waals surface area contributed by atoms with E-state index in [0.717, 1.165) is 34.0 Å². The fourth-order valence-corrected chi connectivity index (χ4v) is 4.03. The summed E-state index contributed by atoms with van der Waals surface area (Å²) in [5, 5.41) is 11.3. The van der Waals surface area contributed by atoms with Crippen molar-refractivity contribution in [2.45, 2.75) is 38.8 Å². The Morgan fingerprint density at radius 3 is 2.67 bits per heavy atom. The summed E-state index contributed by atoms with van der Waals surface area (Å²) < 4.78 is 46.8. The molecule has 0 amide bonds. The first-order valence-electron chi connectivity index (χ1n) is 9.73. The molecule has 7 nitrogen and oxygen atoms in total. The molecule has 0 N–H and O–H groups in total. The van der Waals surface area contributed by atoms with Crippen molar-refractivity contribution in [3.8, 4) is 0 Å². The van der Waals surface area contributed by atoms with E-state index in [1.165, 1.54) is 0 Å². The number of fused-ring (bicyclic) bond motifs is 2. The number of para-hydroxylation sites is 2. The Hall–Kier alpha value is -3.17. The first-order chi connectivity index (χ1) is 14.3. The van der Waals surface area contributed by atoms with Gasteiger partial charge in [-0.15, -0.1) is 15.3 Å². The fourth-order valence-electron chi connectivity index (χ4n) is 4.03. The Kier molecular flexibility index (Phi) is 4.19. The summed E-state index contributed by atoms with van der Waals surface area (Å²) in [6, 6.07) is 7.58. The summed E-state index contributed by atoms with van der Waals surface area (Å²) in [5.74, 6) is 0.0726. The first-order valence-corrected chi connectivity index (χ1v) is 9.73. The van der Waals surface area contributed by atoms with E-state index in [0.29, 0.717) is 30.4 Å². The van der Waals surface area contributed by atoms with Crippen LogP contribution in [0.25, 0.3) is 16.7 Å². The van der Waals surface area contributed by atoms with Crippen molar-refractivity contribution in [1.29, 1.82) is 0 Å². The third kappa shape index (κ3) is 2.98. The van der Waals surface area contributed by atoms with Gasteiger partial charge in [-0.3, -0.25) is 0 Å². The minimum Gasteiger partial charge on any atom is -0.440 e. The van der Waals surface area contributed by atoms with E-state index >= 15 is 0 Å². The van der Waals surface area contributed by atoms with E-state index in [-0.39, 0.29) is 11.6 Å². The lowest BCUT2D eigenvalue weighted by molar-refractivity contribution is -0.146. The molecule has 0 radical (unpaired) electrons. The van der Waals surface area contributed by atoms with Crippen LogP contribution < -0.4 is 4.90 Å². The number of hydrogen-bond acceptors (Lipinski definition) is 6. The minimum atomic E-state index is -4.63. The maximum atomic E-state index is 13.3. The number of nitrogens with zero attached hydrogens (tertiary/aromatic N) is 6. The van der Waals surface area contributed by atoms with Gasteiger partial charge in [-0.1, -0.05) is 12.1 Å². The number of anilines is 1. The van der Waals surface area contributed by atoms with Gasteiger partial charge in [-0.25, -0.2) is 4.98 Å². The molecule has 5 rings (SSSR count). The van der Waals surface area contributed by atoms with E-state index in [1.54, 1.807) is 6.92 Å². The highest BCUT2D eigenvalue weighted by atomic mass is 19.4. The van der Waals surface area contributed by atoms with E-state index in [2.05, 4.69) is 20.3 Å². The molecule has 1 aliphatic heterocycles. The second kappa shape index (κ2) is 6.68. The molecule has 4 heterocycles. The number of halogens is 3. The Morgan fingerprint density at radius 2 is 1.90 bits per heavy atom. The zero-order chi connectivity index (χ0) is 21.0. The van der Waals surface area contributed by atoms with Crippen LogP contribution in [0.3, 0.4) is 0 Å². The summed E-state index contributed by atoms with van der Waals surface area (Å²) in [6.07, 6.45) is -2.88. The maximum Gasteiger partial charge on any atom is 0.453 e. The van der Waals surface area contributed by atoms with Crippen LogP contribution in [0.5, 0.6) is 0 Å². The van der Waals surface area contributed by atoms with Crippen molar-refractivity contribution in [2.24, 2.45) is 0 Å². The molecule has 3 aromatic heterocycles. The van der Waals surface area contributed by atoms with Gasteiger partial charge in [0, 0.05) is 24.2 Å². The van der Waals surface area contributed by atoms with Gasteiger partial charge >= 0.3 is 6.18 Å². The molecule has 1 aromatic carbocycles. The van der Waals surface area contributed by atoms with E-state index in [4.69, 9.17) is 4.42 Å². The number of aromatic nitrogens is 5. The normalized spacial score (nSPS) is 17.9. The predicted molar refractivity (Wildman–Crippen MR) is 103 cm³/mol. The fraction of sp³-hybridized carbons (Fsp3) is 0.400. The van der Waals surface area contributed by atoms with Crippen LogP contribution in [0.1, 0.15) is 41.6 Å². The van der Waals surface area contributed by atoms with Crippen LogP contribution in [0.4, 0.5) is 19.0 Å². The molecule has 1 aliphatic rings. The molecule has 0 saturated carbocycles. The summed E-state index contributed by atoms with van der Waals surface area (Å²) in [4.78, 5) is 6.61. The van der Waals surface area contributed by atoms with Crippen molar-refractivity contribution in [3.63, 3.8) is 0 Å². The molecule has 30 heavy (non-hydrogen) atoms. The van der Waals surface area contributed by atoms with Gasteiger partial charge in [0.2, 0.25) is 0 Å². The molecule has 10 heteroatoms. The van der Waals surface area contributed by atoms with Gasteiger partial charge in [0.05, 0.1) is 5.92 Å². The van der Waals surface area contributed by atoms with Crippen molar-refractivity contribution < 1.29 is 17.6 Å². The average Bonchev–Trinajstić information content (AvgIpc) is 3.35. The summed E-state index contributed by atoms with van der Waals surface area (Å²) in [5.41, 5.74) is 3.08. The van der Waals surface area contributed by atoms with Crippen LogP contribution in [0.15, 0.2) is 28.7 Å². The largest absolute Gasteiger partial charge is 0.453 e. The monoisotopic (exact) mass is 416 g/mol. The molecule has 1 fully saturated rings. The third-order valence-electron chi connectivity index (χ3n) is 5.70. The molecule has 156 valence electrons. The highest BCUT2D eigenvalue weighted by molar-refractivity contribution is 5.72. The molecule has 1 atom stereocenters. The lowest BCUT2D eigenvalue weighted by Crippen LogP contribution is -2.36. The van der Waals surface area contributed by atoms with Gasteiger partial charge in [0.1, 0.15) is 5.52 Å². The Bertz CT molecular complexity index is 1210. The number of rotatable bonds is 2. The van der Waals surface area contributed by atoms with Crippen LogP contribution in [-0.2, 0) is 6.18 Å². The summed E-state index contributed by atoms with van der Waals surface area (Å²) in [7, 11) is 0. The van der Waals surface area contributed by atoms with Gasteiger partial charge in [0.15, 0.2) is 22.9 Å². The average molecular weight is 416 g/mol. The van der Waals surface area contributed by atoms with Crippen molar-refractivity contribution in [1.82, 2.24) is 24.8 Å². The zero-order valence-corrected chi connectivity index (χ0v) is 16.4. The second-order valence-electron chi connectivity index (χ2n) is 7.64. The van der Waals surface area contributed by atoms with E-state index in [9.17, 15) is 13.2 Å². The van der Waals surface area contributed by atoms with Crippen molar-refractivity contribution in [2.75, 3.05) is 18.0 Å². The topological polar surface area (TPSA) is 72.4 Å². The number of benzene rings is 1. The second-order valence-corrected chi connectivity index (χ2v) is 7.64. The maximum absolute atomic E-state index is 13.3. The first kappa shape index (κ1) is 18.8. The zero-order valence-electron chi connectivity index (χ0n) is 16.4. The van der Waals surface area contributed by atoms with Crippen LogP contribution in [-0.4, -0.2) is 37.9 Å². The van der Waals surface area contributed by atoms with Gasteiger partial charge in [-0.05, 0) is 38.8 Å². The molecular formula is C20H19F3N6O.